The largest absolute Gasteiger partial charge is 0.338 e. The molecule has 0 aliphatic carbocycles. The summed E-state index contributed by atoms with van der Waals surface area (Å²) >= 11 is 5.99. The molecule has 2 heterocycles. The number of rotatable bonds is 5. The number of halogens is 1. The fourth-order valence-corrected chi connectivity index (χ4v) is 3.99. The topological polar surface area (TPSA) is 71.3 Å². The first-order valence-corrected chi connectivity index (χ1v) is 10.5. The Morgan fingerprint density at radius 1 is 1.20 bits per heavy atom. The summed E-state index contributed by atoms with van der Waals surface area (Å²) in [5, 5.41) is 7.82. The van der Waals surface area contributed by atoms with Gasteiger partial charge in [-0.25, -0.2) is 0 Å². The van der Waals surface area contributed by atoms with E-state index in [1.54, 1.807) is 6.07 Å². The molecular formula is C23H25ClN4O2. The predicted octanol–water partition coefficient (Wildman–Crippen LogP) is 4.86. The van der Waals surface area contributed by atoms with Crippen LogP contribution in [0.25, 0.3) is 11.4 Å². The fraction of sp³-hybridized carbons (Fsp3) is 0.348. The van der Waals surface area contributed by atoms with Gasteiger partial charge >= 0.3 is 0 Å². The van der Waals surface area contributed by atoms with Crippen molar-refractivity contribution in [2.24, 2.45) is 5.92 Å². The minimum absolute atomic E-state index is 0.00173. The molecule has 1 N–H and O–H groups in total. The second kappa shape index (κ2) is 8.98. The zero-order chi connectivity index (χ0) is 21.1. The number of piperidine rings is 1. The lowest BCUT2D eigenvalue weighted by atomic mass is 9.95. The van der Waals surface area contributed by atoms with Crippen molar-refractivity contribution in [3.05, 3.63) is 64.5 Å². The number of hydrogen-bond donors (Lipinski definition) is 1. The summed E-state index contributed by atoms with van der Waals surface area (Å²) in [5.41, 5.74) is 3.90. The number of aryl methyl sites for hydroxylation is 2. The smallest absolute Gasteiger partial charge is 0.241 e. The summed E-state index contributed by atoms with van der Waals surface area (Å²) in [7, 11) is 0. The number of nitrogens with one attached hydrogen (secondary N) is 1. The van der Waals surface area contributed by atoms with Gasteiger partial charge < -0.3 is 9.84 Å². The molecule has 0 spiro atoms. The summed E-state index contributed by atoms with van der Waals surface area (Å²) < 4.78 is 5.44. The molecule has 0 atom stereocenters. The van der Waals surface area contributed by atoms with Crippen LogP contribution >= 0.6 is 11.6 Å². The highest BCUT2D eigenvalue weighted by Gasteiger charge is 2.26. The molecule has 3 aromatic rings. The first-order chi connectivity index (χ1) is 14.5. The van der Waals surface area contributed by atoms with Gasteiger partial charge in [0.15, 0.2) is 0 Å². The van der Waals surface area contributed by atoms with Crippen LogP contribution in [-0.2, 0) is 11.3 Å². The lowest BCUT2D eigenvalue weighted by molar-refractivity contribution is -0.121. The third kappa shape index (κ3) is 4.89. The Hall–Kier alpha value is -2.70. The highest BCUT2D eigenvalue weighted by molar-refractivity contribution is 6.30. The van der Waals surface area contributed by atoms with E-state index in [9.17, 15) is 4.79 Å². The van der Waals surface area contributed by atoms with E-state index in [0.29, 0.717) is 23.3 Å². The van der Waals surface area contributed by atoms with E-state index in [0.717, 1.165) is 48.3 Å². The van der Waals surface area contributed by atoms with E-state index in [1.807, 2.05) is 50.2 Å². The summed E-state index contributed by atoms with van der Waals surface area (Å²) in [6, 6.07) is 13.6. The standard InChI is InChI=1S/C23H25ClN4O2/c1-15-4-3-5-18(12-15)22-26-21(30-27-22)14-28-10-8-17(9-11-28)23(29)25-20-7-6-19(24)13-16(20)2/h3-7,12-13,17H,8-11,14H2,1-2H3,(H,25,29). The number of aromatic nitrogens is 2. The van der Waals surface area contributed by atoms with Crippen LogP contribution in [0.3, 0.4) is 0 Å². The summed E-state index contributed by atoms with van der Waals surface area (Å²) in [6.07, 6.45) is 1.61. The van der Waals surface area contributed by atoms with Gasteiger partial charge in [0.1, 0.15) is 0 Å². The first-order valence-electron chi connectivity index (χ1n) is 10.2. The summed E-state index contributed by atoms with van der Waals surface area (Å²) in [5.74, 6) is 1.29. The van der Waals surface area contributed by atoms with Crippen molar-refractivity contribution in [1.29, 1.82) is 0 Å². The van der Waals surface area contributed by atoms with Crippen LogP contribution in [0.5, 0.6) is 0 Å². The first kappa shape index (κ1) is 20.6. The minimum atomic E-state index is 0.00173. The molecule has 30 heavy (non-hydrogen) atoms. The van der Waals surface area contributed by atoms with E-state index in [2.05, 4.69) is 20.4 Å². The van der Waals surface area contributed by atoms with Crippen LogP contribution in [-0.4, -0.2) is 34.0 Å². The molecule has 1 aromatic heterocycles. The Morgan fingerprint density at radius 2 is 2.00 bits per heavy atom. The molecule has 4 rings (SSSR count). The molecule has 0 saturated carbocycles. The van der Waals surface area contributed by atoms with Crippen LogP contribution in [0.1, 0.15) is 29.9 Å². The minimum Gasteiger partial charge on any atom is -0.338 e. The van der Waals surface area contributed by atoms with Crippen molar-refractivity contribution in [3.63, 3.8) is 0 Å². The highest BCUT2D eigenvalue weighted by atomic mass is 35.5. The van der Waals surface area contributed by atoms with Gasteiger partial charge in [-0.2, -0.15) is 4.98 Å². The van der Waals surface area contributed by atoms with Gasteiger partial charge in [0.2, 0.25) is 17.6 Å². The fourth-order valence-electron chi connectivity index (χ4n) is 3.77. The van der Waals surface area contributed by atoms with E-state index < -0.39 is 0 Å². The zero-order valence-corrected chi connectivity index (χ0v) is 17.9. The summed E-state index contributed by atoms with van der Waals surface area (Å²) in [4.78, 5) is 19.4. The number of carbonyl (C=O) groups is 1. The molecular weight excluding hydrogens is 400 g/mol. The quantitative estimate of drug-likeness (QED) is 0.633. The molecule has 2 aromatic carbocycles. The molecule has 0 bridgehead atoms. The third-order valence-corrected chi connectivity index (χ3v) is 5.74. The molecule has 1 aliphatic heterocycles. The number of carbonyl (C=O) groups excluding carboxylic acids is 1. The molecule has 0 radical (unpaired) electrons. The van der Waals surface area contributed by atoms with Gasteiger partial charge in [0.05, 0.1) is 6.54 Å². The Morgan fingerprint density at radius 3 is 2.73 bits per heavy atom. The maximum atomic E-state index is 12.7. The molecule has 156 valence electrons. The second-order valence-corrected chi connectivity index (χ2v) is 8.32. The van der Waals surface area contributed by atoms with Gasteiger partial charge in [-0.1, -0.05) is 40.5 Å². The van der Waals surface area contributed by atoms with Crippen LogP contribution in [0.4, 0.5) is 5.69 Å². The van der Waals surface area contributed by atoms with Gasteiger partial charge in [-0.15, -0.1) is 0 Å². The lowest BCUT2D eigenvalue weighted by Crippen LogP contribution is -2.37. The van der Waals surface area contributed by atoms with Crippen LogP contribution in [0, 0.1) is 19.8 Å². The number of amides is 1. The molecule has 0 unspecified atom stereocenters. The average molecular weight is 425 g/mol. The van der Waals surface area contributed by atoms with Crippen molar-refractivity contribution in [2.45, 2.75) is 33.2 Å². The molecule has 1 saturated heterocycles. The number of hydrogen-bond acceptors (Lipinski definition) is 5. The predicted molar refractivity (Wildman–Crippen MR) is 117 cm³/mol. The molecule has 1 amide bonds. The normalized spacial score (nSPS) is 15.3. The van der Waals surface area contributed by atoms with Gasteiger partial charge in [0, 0.05) is 22.2 Å². The van der Waals surface area contributed by atoms with E-state index in [1.165, 1.54) is 0 Å². The van der Waals surface area contributed by atoms with Crippen LogP contribution in [0.2, 0.25) is 5.02 Å². The SMILES string of the molecule is Cc1cccc(-c2noc(CN3CCC(C(=O)Nc4ccc(Cl)cc4C)CC3)n2)c1. The van der Waals surface area contributed by atoms with Crippen LogP contribution in [0.15, 0.2) is 47.0 Å². The Kier molecular flexibility index (Phi) is 6.16. The van der Waals surface area contributed by atoms with Crippen molar-refractivity contribution in [1.82, 2.24) is 15.0 Å². The van der Waals surface area contributed by atoms with E-state index in [-0.39, 0.29) is 11.8 Å². The van der Waals surface area contributed by atoms with Crippen molar-refractivity contribution < 1.29 is 9.32 Å². The van der Waals surface area contributed by atoms with Gasteiger partial charge in [-0.05, 0) is 69.6 Å². The molecule has 6 nitrogen and oxygen atoms in total. The maximum absolute atomic E-state index is 12.7. The number of likely N-dealkylation sites (tertiary alicyclic amines) is 1. The van der Waals surface area contributed by atoms with E-state index in [4.69, 9.17) is 16.1 Å². The molecule has 1 aliphatic rings. The summed E-state index contributed by atoms with van der Waals surface area (Å²) in [6.45, 7) is 6.22. The molecule has 1 fully saturated rings. The zero-order valence-electron chi connectivity index (χ0n) is 17.2. The second-order valence-electron chi connectivity index (χ2n) is 7.88. The van der Waals surface area contributed by atoms with Crippen molar-refractivity contribution in [3.8, 4) is 11.4 Å². The van der Waals surface area contributed by atoms with Crippen LogP contribution < -0.4 is 5.32 Å². The highest BCUT2D eigenvalue weighted by Crippen LogP contribution is 2.24. The average Bonchev–Trinajstić information content (AvgIpc) is 3.19. The number of nitrogens with zero attached hydrogens (tertiary/aromatic N) is 3. The Bertz CT molecular complexity index is 1040. The van der Waals surface area contributed by atoms with Gasteiger partial charge in [-0.3, -0.25) is 9.69 Å². The Labute approximate surface area is 181 Å². The Balaban J connectivity index is 1.30. The third-order valence-electron chi connectivity index (χ3n) is 5.51. The monoisotopic (exact) mass is 424 g/mol. The molecule has 7 heteroatoms. The maximum Gasteiger partial charge on any atom is 0.241 e. The number of anilines is 1. The lowest BCUT2D eigenvalue weighted by Gasteiger charge is -2.30. The van der Waals surface area contributed by atoms with E-state index >= 15 is 0 Å². The van der Waals surface area contributed by atoms with Gasteiger partial charge in [0.25, 0.3) is 0 Å². The van der Waals surface area contributed by atoms with Crippen molar-refractivity contribution >= 4 is 23.2 Å². The number of benzene rings is 2. The van der Waals surface area contributed by atoms with Crippen molar-refractivity contribution in [2.75, 3.05) is 18.4 Å².